The van der Waals surface area contributed by atoms with Gasteiger partial charge in [0, 0.05) is 6.08 Å². The van der Waals surface area contributed by atoms with E-state index in [0.29, 0.717) is 11.7 Å². The van der Waals surface area contributed by atoms with E-state index in [4.69, 9.17) is 10.5 Å². The number of hydrogen-bond acceptors (Lipinski definition) is 3. The maximum absolute atomic E-state index is 12.2. The van der Waals surface area contributed by atoms with E-state index in [9.17, 15) is 4.79 Å². The van der Waals surface area contributed by atoms with Crippen LogP contribution in [0.4, 0.5) is 0 Å². The van der Waals surface area contributed by atoms with Gasteiger partial charge >= 0.3 is 5.97 Å². The van der Waals surface area contributed by atoms with Crippen molar-refractivity contribution in [3.63, 3.8) is 0 Å². The zero-order valence-electron chi connectivity index (χ0n) is 26.8. The SMILES string of the molecule is C=CC(C)/C=C/c1ccc(OC(=O)/C=C(C)/C=C/C=C(C)/C=C/C2=C(C)CCCC2(C)C)cc1.CC(C)=CCCN. The van der Waals surface area contributed by atoms with Gasteiger partial charge in [0.15, 0.2) is 0 Å². The van der Waals surface area contributed by atoms with Crippen molar-refractivity contribution in [2.75, 3.05) is 6.54 Å². The highest BCUT2D eigenvalue weighted by molar-refractivity contribution is 5.85. The standard InChI is InChI=1S/C32H40O2.C6H13N/c1-8-24(2)14-16-28-17-19-29(20-18-28)34-31(33)23-26(4)12-9-11-25(3)15-21-30-27(5)13-10-22-32(30,6)7;1-6(2)4-3-5-7/h8-9,11-12,14-21,23-24H,1,10,13,22H2,2-7H3;4H,3,5,7H2,1-2H3/b12-9+,16-14+,21-15+,25-11+,26-23+;. The lowest BCUT2D eigenvalue weighted by Gasteiger charge is -2.32. The third kappa shape index (κ3) is 15.2. The number of hydrogen-bond donors (Lipinski definition) is 1. The van der Waals surface area contributed by atoms with E-state index in [1.54, 1.807) is 12.1 Å². The molecule has 0 aliphatic heterocycles. The van der Waals surface area contributed by atoms with Crippen LogP contribution in [-0.4, -0.2) is 12.5 Å². The zero-order valence-corrected chi connectivity index (χ0v) is 26.8. The van der Waals surface area contributed by atoms with Crippen LogP contribution >= 0.6 is 0 Å². The fraction of sp³-hybridized carbons (Fsp3) is 0.395. The smallest absolute Gasteiger partial charge is 0.336 e. The molecule has 1 unspecified atom stereocenters. The van der Waals surface area contributed by atoms with Crippen molar-refractivity contribution < 1.29 is 9.53 Å². The summed E-state index contributed by atoms with van der Waals surface area (Å²) in [7, 11) is 0. The average molecular weight is 556 g/mol. The molecule has 1 aliphatic carbocycles. The molecule has 0 bridgehead atoms. The lowest BCUT2D eigenvalue weighted by Crippen LogP contribution is -2.19. The van der Waals surface area contributed by atoms with Gasteiger partial charge in [-0.05, 0) is 107 Å². The maximum Gasteiger partial charge on any atom is 0.336 e. The predicted molar refractivity (Wildman–Crippen MR) is 180 cm³/mol. The molecule has 1 aromatic rings. The normalized spacial score (nSPS) is 16.5. The Morgan fingerprint density at radius 1 is 1.07 bits per heavy atom. The second kappa shape index (κ2) is 18.8. The van der Waals surface area contributed by atoms with E-state index in [0.717, 1.165) is 24.1 Å². The van der Waals surface area contributed by atoms with Crippen LogP contribution in [0.15, 0.2) is 113 Å². The minimum Gasteiger partial charge on any atom is -0.423 e. The molecule has 0 radical (unpaired) electrons. The molecule has 1 aliphatic rings. The minimum atomic E-state index is -0.381. The monoisotopic (exact) mass is 555 g/mol. The first kappa shape index (κ1) is 35.6. The van der Waals surface area contributed by atoms with E-state index in [1.807, 2.05) is 43.4 Å². The fourth-order valence-corrected chi connectivity index (χ4v) is 4.37. The molecule has 3 heteroatoms. The van der Waals surface area contributed by atoms with Crippen LogP contribution in [0.3, 0.4) is 0 Å². The first-order valence-corrected chi connectivity index (χ1v) is 14.8. The number of carbonyl (C=O) groups is 1. The van der Waals surface area contributed by atoms with Crippen LogP contribution in [0.5, 0.6) is 5.75 Å². The molecule has 3 nitrogen and oxygen atoms in total. The molecule has 0 saturated heterocycles. The Kier molecular flexibility index (Phi) is 16.3. The number of nitrogens with two attached hydrogens (primary N) is 1. The molecule has 1 aromatic carbocycles. The van der Waals surface area contributed by atoms with Crippen molar-refractivity contribution in [2.45, 2.75) is 81.1 Å². The maximum atomic E-state index is 12.2. The van der Waals surface area contributed by atoms with Crippen molar-refractivity contribution in [2.24, 2.45) is 17.1 Å². The predicted octanol–water partition coefficient (Wildman–Crippen LogP) is 10.3. The van der Waals surface area contributed by atoms with Gasteiger partial charge < -0.3 is 10.5 Å². The molecule has 2 rings (SSSR count). The van der Waals surface area contributed by atoms with Gasteiger partial charge in [0.2, 0.25) is 0 Å². The minimum absolute atomic E-state index is 0.246. The molecule has 222 valence electrons. The summed E-state index contributed by atoms with van der Waals surface area (Å²) in [6, 6.07) is 7.47. The summed E-state index contributed by atoms with van der Waals surface area (Å²) < 4.78 is 5.43. The van der Waals surface area contributed by atoms with E-state index < -0.39 is 0 Å². The quantitative estimate of drug-likeness (QED) is 0.0971. The third-order valence-corrected chi connectivity index (χ3v) is 6.90. The molecular weight excluding hydrogens is 502 g/mol. The summed E-state index contributed by atoms with van der Waals surface area (Å²) in [5.41, 5.74) is 12.9. The molecule has 0 fully saturated rings. The molecule has 0 spiro atoms. The number of rotatable bonds is 11. The van der Waals surface area contributed by atoms with Gasteiger partial charge in [-0.15, -0.1) is 6.58 Å². The van der Waals surface area contributed by atoms with Crippen molar-refractivity contribution in [1.29, 1.82) is 0 Å². The summed E-state index contributed by atoms with van der Waals surface area (Å²) >= 11 is 0. The lowest BCUT2D eigenvalue weighted by atomic mass is 9.72. The first-order valence-electron chi connectivity index (χ1n) is 14.8. The molecule has 0 heterocycles. The molecule has 2 N–H and O–H groups in total. The van der Waals surface area contributed by atoms with Gasteiger partial charge in [0.1, 0.15) is 5.75 Å². The first-order chi connectivity index (χ1) is 19.4. The Hall–Kier alpha value is -3.43. The van der Waals surface area contributed by atoms with Crippen molar-refractivity contribution >= 4 is 12.0 Å². The highest BCUT2D eigenvalue weighted by Crippen LogP contribution is 2.40. The van der Waals surface area contributed by atoms with Gasteiger partial charge in [-0.2, -0.15) is 0 Å². The Morgan fingerprint density at radius 2 is 1.76 bits per heavy atom. The van der Waals surface area contributed by atoms with Crippen LogP contribution in [-0.2, 0) is 4.79 Å². The number of allylic oxidation sites excluding steroid dienone is 12. The molecule has 1 atom stereocenters. The van der Waals surface area contributed by atoms with Crippen LogP contribution < -0.4 is 10.5 Å². The summed E-state index contributed by atoms with van der Waals surface area (Å²) in [5, 5.41) is 0. The van der Waals surface area contributed by atoms with E-state index in [1.165, 1.54) is 47.6 Å². The zero-order chi connectivity index (χ0) is 30.8. The Bertz CT molecular complexity index is 1190. The van der Waals surface area contributed by atoms with Crippen molar-refractivity contribution in [3.8, 4) is 5.75 Å². The lowest BCUT2D eigenvalue weighted by molar-refractivity contribution is -0.129. The molecule has 0 aromatic heterocycles. The highest BCUT2D eigenvalue weighted by Gasteiger charge is 2.26. The second-order valence-electron chi connectivity index (χ2n) is 11.7. The Labute approximate surface area is 250 Å². The summed E-state index contributed by atoms with van der Waals surface area (Å²) in [6.45, 7) is 21.7. The fourth-order valence-electron chi connectivity index (χ4n) is 4.37. The van der Waals surface area contributed by atoms with Crippen LogP contribution in [0.1, 0.15) is 86.6 Å². The molecule has 41 heavy (non-hydrogen) atoms. The van der Waals surface area contributed by atoms with Crippen molar-refractivity contribution in [3.05, 3.63) is 119 Å². The van der Waals surface area contributed by atoms with Crippen LogP contribution in [0.25, 0.3) is 6.08 Å². The average Bonchev–Trinajstić information content (AvgIpc) is 2.90. The number of carbonyl (C=O) groups excluding carboxylic acids is 1. The van der Waals surface area contributed by atoms with Crippen LogP contribution in [0.2, 0.25) is 0 Å². The van der Waals surface area contributed by atoms with E-state index in [-0.39, 0.29) is 11.4 Å². The topological polar surface area (TPSA) is 52.3 Å². The summed E-state index contributed by atoms with van der Waals surface area (Å²) in [5.74, 6) is 0.468. The molecule has 0 amide bonds. The third-order valence-electron chi connectivity index (χ3n) is 6.90. The van der Waals surface area contributed by atoms with Gasteiger partial charge in [0.05, 0.1) is 0 Å². The second-order valence-corrected chi connectivity index (χ2v) is 11.7. The summed E-state index contributed by atoms with van der Waals surface area (Å²) in [4.78, 5) is 12.2. The number of esters is 1. The van der Waals surface area contributed by atoms with E-state index in [2.05, 4.69) is 85.4 Å². The summed E-state index contributed by atoms with van der Waals surface area (Å²) in [6.07, 6.45) is 24.8. The van der Waals surface area contributed by atoms with E-state index >= 15 is 0 Å². The number of ether oxygens (including phenoxy) is 1. The largest absolute Gasteiger partial charge is 0.423 e. The highest BCUT2D eigenvalue weighted by atomic mass is 16.5. The number of benzene rings is 1. The van der Waals surface area contributed by atoms with Gasteiger partial charge in [-0.25, -0.2) is 4.79 Å². The van der Waals surface area contributed by atoms with Crippen LogP contribution in [0, 0.1) is 11.3 Å². The van der Waals surface area contributed by atoms with Gasteiger partial charge in [-0.1, -0.05) is 104 Å². The molecular formula is C38H53NO2. The Balaban J connectivity index is 0.00000106. The van der Waals surface area contributed by atoms with Crippen molar-refractivity contribution in [1.82, 2.24) is 0 Å². The molecule has 0 saturated carbocycles. The van der Waals surface area contributed by atoms with Gasteiger partial charge in [-0.3, -0.25) is 0 Å². The Morgan fingerprint density at radius 3 is 2.32 bits per heavy atom. The van der Waals surface area contributed by atoms with Gasteiger partial charge in [0.25, 0.3) is 0 Å².